The van der Waals surface area contributed by atoms with Crippen LogP contribution >= 0.6 is 24.0 Å². The van der Waals surface area contributed by atoms with Crippen molar-refractivity contribution in [2.75, 3.05) is 14.2 Å². The fourth-order valence-corrected chi connectivity index (χ4v) is 2.37. The first-order valence-corrected chi connectivity index (χ1v) is 7.87. The predicted molar refractivity (Wildman–Crippen MR) is 107 cm³/mol. The monoisotopic (exact) mass is 515 g/mol. The maximum Gasteiger partial charge on any atom is 0.416 e. The van der Waals surface area contributed by atoms with E-state index in [2.05, 4.69) is 15.6 Å². The number of guanidine groups is 1. The van der Waals surface area contributed by atoms with E-state index in [4.69, 9.17) is 4.74 Å². The van der Waals surface area contributed by atoms with E-state index in [1.807, 2.05) is 0 Å². The van der Waals surface area contributed by atoms with E-state index < -0.39 is 23.4 Å². The molecule has 2 aromatic rings. The minimum atomic E-state index is -4.67. The molecule has 2 aromatic carbocycles. The van der Waals surface area contributed by atoms with E-state index in [1.165, 1.54) is 26.3 Å². The van der Waals surface area contributed by atoms with E-state index in [0.29, 0.717) is 11.6 Å². The van der Waals surface area contributed by atoms with E-state index in [-0.39, 0.29) is 54.3 Å². The number of halogens is 6. The van der Waals surface area contributed by atoms with Crippen LogP contribution in [-0.4, -0.2) is 20.1 Å². The first kappa shape index (κ1) is 23.9. The van der Waals surface area contributed by atoms with Crippen molar-refractivity contribution >= 4 is 29.9 Å². The van der Waals surface area contributed by atoms with Crippen LogP contribution in [0.25, 0.3) is 0 Å². The molecule has 4 nitrogen and oxygen atoms in total. The second kappa shape index (κ2) is 10.4. The number of ether oxygens (including phenoxy) is 1. The Labute approximate surface area is 176 Å². The summed E-state index contributed by atoms with van der Waals surface area (Å²) in [5, 5.41) is 5.59. The van der Waals surface area contributed by atoms with Gasteiger partial charge >= 0.3 is 6.18 Å². The summed E-state index contributed by atoms with van der Waals surface area (Å²) in [6.07, 6.45) is -4.67. The van der Waals surface area contributed by atoms with Crippen LogP contribution in [-0.2, 0) is 19.3 Å². The molecular weight excluding hydrogens is 496 g/mol. The number of alkyl halides is 3. The molecule has 0 bridgehead atoms. The predicted octanol–water partition coefficient (Wildman–Crippen LogP) is 4.48. The Bertz CT molecular complexity index is 827. The topological polar surface area (TPSA) is 45.7 Å². The molecule has 0 unspecified atom stereocenters. The van der Waals surface area contributed by atoms with Gasteiger partial charge in [-0.05, 0) is 35.4 Å². The Balaban J connectivity index is 0.00000392. The summed E-state index contributed by atoms with van der Waals surface area (Å²) in [6.45, 7) is -0.0259. The molecule has 0 saturated carbocycles. The Morgan fingerprint density at radius 3 is 2.29 bits per heavy atom. The zero-order valence-corrected chi connectivity index (χ0v) is 17.4. The number of nitrogens with one attached hydrogen (secondary N) is 2. The van der Waals surface area contributed by atoms with Crippen molar-refractivity contribution in [3.8, 4) is 5.75 Å². The molecule has 154 valence electrons. The lowest BCUT2D eigenvalue weighted by molar-refractivity contribution is -0.138. The summed E-state index contributed by atoms with van der Waals surface area (Å²) < 4.78 is 70.7. The van der Waals surface area contributed by atoms with Crippen molar-refractivity contribution in [2.45, 2.75) is 19.3 Å². The van der Waals surface area contributed by atoms with Crippen molar-refractivity contribution < 1.29 is 26.7 Å². The highest BCUT2D eigenvalue weighted by Crippen LogP contribution is 2.32. The lowest BCUT2D eigenvalue weighted by Crippen LogP contribution is -2.36. The second-order valence-electron chi connectivity index (χ2n) is 5.55. The lowest BCUT2D eigenvalue weighted by Gasteiger charge is -2.16. The average Bonchev–Trinajstić information content (AvgIpc) is 2.62. The van der Waals surface area contributed by atoms with Crippen molar-refractivity contribution in [3.05, 3.63) is 64.7 Å². The summed E-state index contributed by atoms with van der Waals surface area (Å²) in [4.78, 5) is 3.90. The van der Waals surface area contributed by atoms with Crippen molar-refractivity contribution in [1.29, 1.82) is 0 Å². The van der Waals surface area contributed by atoms with Gasteiger partial charge in [0.25, 0.3) is 0 Å². The number of rotatable bonds is 5. The number of hydrogen-bond acceptors (Lipinski definition) is 2. The lowest BCUT2D eigenvalue weighted by atomic mass is 10.1. The molecule has 0 aromatic heterocycles. The third-order valence-corrected chi connectivity index (χ3v) is 3.72. The third-order valence-electron chi connectivity index (χ3n) is 3.72. The fourth-order valence-electron chi connectivity index (χ4n) is 2.37. The number of nitrogens with zero attached hydrogens (tertiary/aromatic N) is 1. The molecule has 0 saturated heterocycles. The summed E-state index contributed by atoms with van der Waals surface area (Å²) in [5.41, 5.74) is -0.584. The Morgan fingerprint density at radius 2 is 1.71 bits per heavy atom. The molecule has 0 fully saturated rings. The van der Waals surface area contributed by atoms with E-state index in [0.717, 1.165) is 12.1 Å². The van der Waals surface area contributed by atoms with Crippen LogP contribution < -0.4 is 15.4 Å². The third kappa shape index (κ3) is 6.50. The van der Waals surface area contributed by atoms with Crippen LogP contribution in [0.15, 0.2) is 41.4 Å². The summed E-state index contributed by atoms with van der Waals surface area (Å²) in [6, 6.07) is 6.87. The highest BCUT2D eigenvalue weighted by Gasteiger charge is 2.33. The fraction of sp³-hybridized carbons (Fsp3) is 0.278. The SMILES string of the molecule is CN=C(NCc1ccc(OC)c(F)c1)NCc1ccc(F)cc1C(F)(F)F.I. The van der Waals surface area contributed by atoms with E-state index >= 15 is 0 Å². The average molecular weight is 515 g/mol. The molecule has 0 amide bonds. The maximum absolute atomic E-state index is 13.7. The van der Waals surface area contributed by atoms with Gasteiger partial charge in [0.05, 0.1) is 12.7 Å². The quantitative estimate of drug-likeness (QED) is 0.268. The number of aliphatic imine (C=N–C) groups is 1. The Kier molecular flexibility index (Phi) is 8.92. The van der Waals surface area contributed by atoms with Crippen LogP contribution in [0.5, 0.6) is 5.75 Å². The first-order chi connectivity index (χ1) is 12.7. The molecule has 0 heterocycles. The molecule has 0 atom stereocenters. The first-order valence-electron chi connectivity index (χ1n) is 7.87. The van der Waals surface area contributed by atoms with E-state index in [9.17, 15) is 22.0 Å². The number of hydrogen-bond donors (Lipinski definition) is 2. The molecule has 28 heavy (non-hydrogen) atoms. The molecular formula is C18H19F5IN3O. The smallest absolute Gasteiger partial charge is 0.416 e. The second-order valence-corrected chi connectivity index (χ2v) is 5.55. The molecule has 2 N–H and O–H groups in total. The number of methoxy groups -OCH3 is 1. The largest absolute Gasteiger partial charge is 0.494 e. The van der Waals surface area contributed by atoms with Gasteiger partial charge in [-0.1, -0.05) is 12.1 Å². The van der Waals surface area contributed by atoms with Gasteiger partial charge in [0.1, 0.15) is 5.82 Å². The highest BCUT2D eigenvalue weighted by atomic mass is 127. The van der Waals surface area contributed by atoms with Gasteiger partial charge in [0.15, 0.2) is 17.5 Å². The van der Waals surface area contributed by atoms with Gasteiger partial charge in [-0.15, -0.1) is 24.0 Å². The zero-order valence-electron chi connectivity index (χ0n) is 15.0. The summed E-state index contributed by atoms with van der Waals surface area (Å²) in [7, 11) is 2.80. The summed E-state index contributed by atoms with van der Waals surface area (Å²) in [5.74, 6) is -1.17. The molecule has 0 aliphatic rings. The maximum atomic E-state index is 13.7. The minimum absolute atomic E-state index is 0. The van der Waals surface area contributed by atoms with Crippen LogP contribution in [0.1, 0.15) is 16.7 Å². The minimum Gasteiger partial charge on any atom is -0.494 e. The van der Waals surface area contributed by atoms with Crippen LogP contribution in [0.4, 0.5) is 22.0 Å². The molecule has 0 spiro atoms. The van der Waals surface area contributed by atoms with Crippen molar-refractivity contribution in [3.63, 3.8) is 0 Å². The van der Waals surface area contributed by atoms with Crippen molar-refractivity contribution in [1.82, 2.24) is 10.6 Å². The Hall–Kier alpha value is -2.11. The Morgan fingerprint density at radius 1 is 1.04 bits per heavy atom. The standard InChI is InChI=1S/C18H18F5N3O.HI/c1-24-17(25-9-11-3-6-16(27-2)15(20)7-11)26-10-12-4-5-13(19)8-14(12)18(21,22)23;/h3-8H,9-10H2,1-2H3,(H2,24,25,26);1H. The van der Waals surface area contributed by atoms with Crippen LogP contribution in [0, 0.1) is 11.6 Å². The van der Waals surface area contributed by atoms with Gasteiger partial charge in [0, 0.05) is 20.1 Å². The van der Waals surface area contributed by atoms with Gasteiger partial charge in [-0.3, -0.25) is 4.99 Å². The molecule has 0 radical (unpaired) electrons. The normalized spacial score (nSPS) is 11.6. The zero-order chi connectivity index (χ0) is 20.0. The molecule has 0 aliphatic heterocycles. The van der Waals surface area contributed by atoms with Gasteiger partial charge in [-0.25, -0.2) is 8.78 Å². The molecule has 10 heteroatoms. The molecule has 0 aliphatic carbocycles. The van der Waals surface area contributed by atoms with Crippen LogP contribution in [0.3, 0.4) is 0 Å². The van der Waals surface area contributed by atoms with E-state index in [1.54, 1.807) is 6.07 Å². The van der Waals surface area contributed by atoms with Crippen LogP contribution in [0.2, 0.25) is 0 Å². The summed E-state index contributed by atoms with van der Waals surface area (Å²) >= 11 is 0. The van der Waals surface area contributed by atoms with Gasteiger partial charge in [0.2, 0.25) is 0 Å². The van der Waals surface area contributed by atoms with Crippen molar-refractivity contribution in [2.24, 2.45) is 4.99 Å². The molecule has 2 rings (SSSR count). The van der Waals surface area contributed by atoms with Gasteiger partial charge in [-0.2, -0.15) is 13.2 Å². The number of benzene rings is 2. The highest BCUT2D eigenvalue weighted by molar-refractivity contribution is 14.0. The van der Waals surface area contributed by atoms with Gasteiger partial charge < -0.3 is 15.4 Å².